The van der Waals surface area contributed by atoms with Crippen molar-refractivity contribution >= 4 is 26.8 Å². The number of ether oxygens (including phenoxy) is 1. The van der Waals surface area contributed by atoms with E-state index >= 15 is 0 Å². The Bertz CT molecular complexity index is 1580. The fraction of sp³-hybridized carbons (Fsp3) is 0.296. The number of carbonyl (C=O) groups is 1. The zero-order valence-electron chi connectivity index (χ0n) is 20.6. The maximum atomic E-state index is 13.6. The standard InChI is InChI=1S/C27H27FN4O4S/c1-17-25-23(27(33)29-12-10-18-4-3-5-22(14-18)36-2)15-24(19-6-8-20(28)9-7-19)30-26(25)32(31-17)21-11-13-37(34,35)16-21/h3-9,14-15,21H,10-13,16H2,1-2H3,(H,29,33). The average Bonchev–Trinajstić information content (AvgIpc) is 3.42. The predicted octanol–water partition coefficient (Wildman–Crippen LogP) is 3.89. The Kier molecular flexibility index (Phi) is 6.68. The number of carbonyl (C=O) groups excluding carboxylic acids is 1. The molecule has 8 nitrogen and oxygen atoms in total. The molecule has 192 valence electrons. The van der Waals surface area contributed by atoms with Gasteiger partial charge in [-0.2, -0.15) is 5.10 Å². The smallest absolute Gasteiger partial charge is 0.252 e. The second kappa shape index (κ2) is 9.93. The molecule has 1 amide bonds. The van der Waals surface area contributed by atoms with E-state index in [-0.39, 0.29) is 29.3 Å². The number of pyridine rings is 1. The van der Waals surface area contributed by atoms with Gasteiger partial charge in [-0.15, -0.1) is 0 Å². The molecule has 2 aromatic heterocycles. The number of aromatic nitrogens is 3. The maximum Gasteiger partial charge on any atom is 0.252 e. The molecule has 0 saturated carbocycles. The first-order valence-electron chi connectivity index (χ1n) is 12.0. The first kappa shape index (κ1) is 24.9. The molecular weight excluding hydrogens is 495 g/mol. The second-order valence-electron chi connectivity index (χ2n) is 9.20. The van der Waals surface area contributed by atoms with Crippen molar-refractivity contribution in [3.05, 3.63) is 77.2 Å². The third-order valence-electron chi connectivity index (χ3n) is 6.61. The van der Waals surface area contributed by atoms with Gasteiger partial charge in [0.1, 0.15) is 11.6 Å². The van der Waals surface area contributed by atoms with E-state index in [2.05, 4.69) is 10.4 Å². The summed E-state index contributed by atoms with van der Waals surface area (Å²) in [5, 5.41) is 8.17. The van der Waals surface area contributed by atoms with Crippen LogP contribution in [0.2, 0.25) is 0 Å². The molecule has 1 aliphatic rings. The molecule has 1 atom stereocenters. The van der Waals surface area contributed by atoms with Crippen molar-refractivity contribution < 1.29 is 22.3 Å². The Labute approximate surface area is 214 Å². The summed E-state index contributed by atoms with van der Waals surface area (Å²) >= 11 is 0. The number of hydrogen-bond donors (Lipinski definition) is 1. The van der Waals surface area contributed by atoms with Crippen molar-refractivity contribution in [2.24, 2.45) is 0 Å². The number of nitrogens with one attached hydrogen (secondary N) is 1. The van der Waals surface area contributed by atoms with E-state index in [1.54, 1.807) is 36.9 Å². The van der Waals surface area contributed by atoms with Gasteiger partial charge in [0.2, 0.25) is 0 Å². The normalized spacial score (nSPS) is 16.7. The van der Waals surface area contributed by atoms with Crippen LogP contribution in [0.25, 0.3) is 22.3 Å². The number of nitrogens with zero attached hydrogens (tertiary/aromatic N) is 3. The fourth-order valence-electron chi connectivity index (χ4n) is 4.73. The lowest BCUT2D eigenvalue weighted by molar-refractivity contribution is 0.0955. The molecule has 5 rings (SSSR count). The molecule has 1 unspecified atom stereocenters. The number of amides is 1. The van der Waals surface area contributed by atoms with E-state index in [1.165, 1.54) is 12.1 Å². The summed E-state index contributed by atoms with van der Waals surface area (Å²) < 4.78 is 44.8. The molecule has 1 saturated heterocycles. The van der Waals surface area contributed by atoms with E-state index in [4.69, 9.17) is 9.72 Å². The van der Waals surface area contributed by atoms with Gasteiger partial charge in [-0.3, -0.25) is 4.79 Å². The quantitative estimate of drug-likeness (QED) is 0.395. The average molecular weight is 523 g/mol. The number of sulfone groups is 1. The minimum absolute atomic E-state index is 0.0201. The molecular formula is C27H27FN4O4S. The summed E-state index contributed by atoms with van der Waals surface area (Å²) in [5.74, 6) is 0.152. The molecule has 0 bridgehead atoms. The van der Waals surface area contributed by atoms with Crippen LogP contribution in [-0.4, -0.2) is 54.2 Å². The SMILES string of the molecule is COc1cccc(CCNC(=O)c2cc(-c3ccc(F)cc3)nc3c2c(C)nn3C2CCS(=O)(=O)C2)c1. The number of rotatable bonds is 7. The fourth-order valence-corrected chi connectivity index (χ4v) is 6.42. The van der Waals surface area contributed by atoms with Crippen molar-refractivity contribution in [3.8, 4) is 17.0 Å². The molecule has 0 spiro atoms. The van der Waals surface area contributed by atoms with E-state index in [1.807, 2.05) is 24.3 Å². The zero-order valence-corrected chi connectivity index (χ0v) is 21.4. The highest BCUT2D eigenvalue weighted by Crippen LogP contribution is 2.32. The lowest BCUT2D eigenvalue weighted by Crippen LogP contribution is -2.26. The molecule has 3 heterocycles. The summed E-state index contributed by atoms with van der Waals surface area (Å²) in [6.45, 7) is 2.18. The molecule has 1 N–H and O–H groups in total. The lowest BCUT2D eigenvalue weighted by atomic mass is 10.0. The highest BCUT2D eigenvalue weighted by atomic mass is 32.2. The van der Waals surface area contributed by atoms with E-state index in [9.17, 15) is 17.6 Å². The highest BCUT2D eigenvalue weighted by molar-refractivity contribution is 7.91. The van der Waals surface area contributed by atoms with Gasteiger partial charge < -0.3 is 10.1 Å². The number of benzene rings is 2. The van der Waals surface area contributed by atoms with E-state index < -0.39 is 9.84 Å². The van der Waals surface area contributed by atoms with Crippen molar-refractivity contribution in [2.75, 3.05) is 25.2 Å². The van der Waals surface area contributed by atoms with Gasteiger partial charge in [0.05, 0.1) is 47.0 Å². The van der Waals surface area contributed by atoms with Gasteiger partial charge in [-0.05, 0) is 67.8 Å². The summed E-state index contributed by atoms with van der Waals surface area (Å²) in [6, 6.07) is 14.8. The first-order chi connectivity index (χ1) is 17.7. The monoisotopic (exact) mass is 522 g/mol. The summed E-state index contributed by atoms with van der Waals surface area (Å²) in [7, 11) is -1.55. The minimum Gasteiger partial charge on any atom is -0.497 e. The Morgan fingerprint density at radius 2 is 1.97 bits per heavy atom. The highest BCUT2D eigenvalue weighted by Gasteiger charge is 2.32. The topological polar surface area (TPSA) is 103 Å². The van der Waals surface area contributed by atoms with E-state index in [0.717, 1.165) is 11.3 Å². The van der Waals surface area contributed by atoms with Crippen LogP contribution in [0.15, 0.2) is 54.6 Å². The van der Waals surface area contributed by atoms with Crippen LogP contribution in [0.4, 0.5) is 4.39 Å². The summed E-state index contributed by atoms with van der Waals surface area (Å²) in [4.78, 5) is 18.2. The third-order valence-corrected chi connectivity index (χ3v) is 8.36. The predicted molar refractivity (Wildman–Crippen MR) is 139 cm³/mol. The number of fused-ring (bicyclic) bond motifs is 1. The molecule has 10 heteroatoms. The van der Waals surface area contributed by atoms with Crippen molar-refractivity contribution in [1.29, 1.82) is 0 Å². The molecule has 0 aliphatic carbocycles. The first-order valence-corrected chi connectivity index (χ1v) is 13.8. The van der Waals surface area contributed by atoms with Gasteiger partial charge in [0.25, 0.3) is 5.91 Å². The van der Waals surface area contributed by atoms with Gasteiger partial charge in [0, 0.05) is 12.1 Å². The lowest BCUT2D eigenvalue weighted by Gasteiger charge is -2.12. The number of halogens is 1. The van der Waals surface area contributed by atoms with Crippen LogP contribution in [0, 0.1) is 12.7 Å². The summed E-state index contributed by atoms with van der Waals surface area (Å²) in [5.41, 5.74) is 3.57. The van der Waals surface area contributed by atoms with Crippen molar-refractivity contribution in [2.45, 2.75) is 25.8 Å². The molecule has 0 radical (unpaired) electrons. The van der Waals surface area contributed by atoms with Crippen LogP contribution in [0.3, 0.4) is 0 Å². The second-order valence-corrected chi connectivity index (χ2v) is 11.4. The summed E-state index contributed by atoms with van der Waals surface area (Å²) in [6.07, 6.45) is 1.04. The Balaban J connectivity index is 1.52. The molecule has 1 aliphatic heterocycles. The third kappa shape index (κ3) is 5.20. The van der Waals surface area contributed by atoms with Crippen LogP contribution < -0.4 is 10.1 Å². The van der Waals surface area contributed by atoms with Crippen LogP contribution in [0.5, 0.6) is 5.75 Å². The van der Waals surface area contributed by atoms with Gasteiger partial charge in [-0.1, -0.05) is 12.1 Å². The largest absolute Gasteiger partial charge is 0.497 e. The van der Waals surface area contributed by atoms with Crippen LogP contribution in [-0.2, 0) is 16.3 Å². The van der Waals surface area contributed by atoms with E-state index in [0.29, 0.717) is 52.9 Å². The Morgan fingerprint density at radius 3 is 2.68 bits per heavy atom. The van der Waals surface area contributed by atoms with Gasteiger partial charge >= 0.3 is 0 Å². The molecule has 37 heavy (non-hydrogen) atoms. The Hall–Kier alpha value is -3.79. The van der Waals surface area contributed by atoms with Crippen molar-refractivity contribution in [3.63, 3.8) is 0 Å². The van der Waals surface area contributed by atoms with Gasteiger partial charge in [-0.25, -0.2) is 22.5 Å². The van der Waals surface area contributed by atoms with Crippen molar-refractivity contribution in [1.82, 2.24) is 20.1 Å². The molecule has 2 aromatic carbocycles. The van der Waals surface area contributed by atoms with Crippen LogP contribution >= 0.6 is 0 Å². The number of aryl methyl sites for hydroxylation is 1. The number of methoxy groups -OCH3 is 1. The Morgan fingerprint density at radius 1 is 1.19 bits per heavy atom. The number of hydrogen-bond acceptors (Lipinski definition) is 6. The van der Waals surface area contributed by atoms with Gasteiger partial charge in [0.15, 0.2) is 15.5 Å². The van der Waals surface area contributed by atoms with Crippen LogP contribution in [0.1, 0.15) is 34.1 Å². The maximum absolute atomic E-state index is 13.6. The molecule has 1 fully saturated rings. The zero-order chi connectivity index (χ0) is 26.2. The molecule has 4 aromatic rings. The minimum atomic E-state index is -3.16.